The number of para-hydroxylation sites is 1. The van der Waals surface area contributed by atoms with Crippen molar-refractivity contribution >= 4 is 10.9 Å². The average Bonchev–Trinajstić information content (AvgIpc) is 2.54. The van der Waals surface area contributed by atoms with Crippen LogP contribution in [0, 0.1) is 6.92 Å². The van der Waals surface area contributed by atoms with Crippen molar-refractivity contribution in [2.75, 3.05) is 7.05 Å². The van der Waals surface area contributed by atoms with Crippen molar-refractivity contribution in [1.29, 1.82) is 0 Å². The lowest BCUT2D eigenvalue weighted by molar-refractivity contribution is 0.589. The fourth-order valence-corrected chi connectivity index (χ4v) is 2.59. The standard InChI is InChI=1S/C18H19N3O/c1-12-7-6-8-14(11-12)21-17(13(2)19-3)20-16-10-5-4-9-15(16)18(21)22/h4-11,13,19H,1-3H3/t13-/m1/s1. The van der Waals surface area contributed by atoms with Gasteiger partial charge in [-0.1, -0.05) is 24.3 Å². The zero-order valence-electron chi connectivity index (χ0n) is 13.0. The molecule has 1 aromatic heterocycles. The Morgan fingerprint density at radius 2 is 1.91 bits per heavy atom. The van der Waals surface area contributed by atoms with Gasteiger partial charge in [-0.05, 0) is 50.7 Å². The minimum Gasteiger partial charge on any atom is -0.311 e. The Morgan fingerprint density at radius 3 is 2.64 bits per heavy atom. The van der Waals surface area contributed by atoms with Gasteiger partial charge in [-0.25, -0.2) is 4.98 Å². The highest BCUT2D eigenvalue weighted by molar-refractivity contribution is 5.77. The Kier molecular flexibility index (Phi) is 3.77. The lowest BCUT2D eigenvalue weighted by atomic mass is 10.2. The van der Waals surface area contributed by atoms with E-state index in [-0.39, 0.29) is 11.6 Å². The van der Waals surface area contributed by atoms with Gasteiger partial charge in [0.1, 0.15) is 5.82 Å². The second-order valence-corrected chi connectivity index (χ2v) is 5.48. The van der Waals surface area contributed by atoms with Crippen LogP contribution in [0.25, 0.3) is 16.6 Å². The van der Waals surface area contributed by atoms with Gasteiger partial charge in [-0.15, -0.1) is 0 Å². The molecule has 0 unspecified atom stereocenters. The van der Waals surface area contributed by atoms with Crippen LogP contribution in [-0.4, -0.2) is 16.6 Å². The van der Waals surface area contributed by atoms with Gasteiger partial charge in [-0.3, -0.25) is 9.36 Å². The highest BCUT2D eigenvalue weighted by atomic mass is 16.1. The Morgan fingerprint density at radius 1 is 1.14 bits per heavy atom. The fourth-order valence-electron chi connectivity index (χ4n) is 2.59. The van der Waals surface area contributed by atoms with E-state index in [9.17, 15) is 4.79 Å². The highest BCUT2D eigenvalue weighted by Crippen LogP contribution is 2.18. The van der Waals surface area contributed by atoms with Crippen LogP contribution in [0.5, 0.6) is 0 Å². The molecule has 0 aliphatic carbocycles. The van der Waals surface area contributed by atoms with E-state index >= 15 is 0 Å². The molecule has 4 nitrogen and oxygen atoms in total. The summed E-state index contributed by atoms with van der Waals surface area (Å²) >= 11 is 0. The first-order valence-corrected chi connectivity index (χ1v) is 7.38. The summed E-state index contributed by atoms with van der Waals surface area (Å²) in [6.45, 7) is 4.02. The van der Waals surface area contributed by atoms with Crippen LogP contribution in [0.4, 0.5) is 0 Å². The maximum Gasteiger partial charge on any atom is 0.266 e. The number of rotatable bonds is 3. The molecule has 0 spiro atoms. The van der Waals surface area contributed by atoms with Gasteiger partial charge >= 0.3 is 0 Å². The number of aromatic nitrogens is 2. The summed E-state index contributed by atoms with van der Waals surface area (Å²) < 4.78 is 1.70. The van der Waals surface area contributed by atoms with Crippen molar-refractivity contribution in [2.24, 2.45) is 0 Å². The van der Waals surface area contributed by atoms with Gasteiger partial charge in [0.15, 0.2) is 0 Å². The molecule has 0 fully saturated rings. The van der Waals surface area contributed by atoms with Gasteiger partial charge in [0.05, 0.1) is 22.6 Å². The number of hydrogen-bond acceptors (Lipinski definition) is 3. The quantitative estimate of drug-likeness (QED) is 0.807. The zero-order chi connectivity index (χ0) is 15.7. The summed E-state index contributed by atoms with van der Waals surface area (Å²) in [4.78, 5) is 17.7. The number of benzene rings is 2. The van der Waals surface area contributed by atoms with Gasteiger partial charge < -0.3 is 5.32 Å². The monoisotopic (exact) mass is 293 g/mol. The summed E-state index contributed by atoms with van der Waals surface area (Å²) in [6.07, 6.45) is 0. The first kappa shape index (κ1) is 14.5. The number of nitrogens with zero attached hydrogens (tertiary/aromatic N) is 2. The van der Waals surface area contributed by atoms with Crippen molar-refractivity contribution in [3.05, 3.63) is 70.3 Å². The van der Waals surface area contributed by atoms with E-state index in [1.165, 1.54) is 0 Å². The number of nitrogens with one attached hydrogen (secondary N) is 1. The van der Waals surface area contributed by atoms with E-state index in [1.807, 2.05) is 69.4 Å². The molecule has 2 aromatic carbocycles. The van der Waals surface area contributed by atoms with Crippen molar-refractivity contribution < 1.29 is 0 Å². The smallest absolute Gasteiger partial charge is 0.266 e. The maximum absolute atomic E-state index is 13.0. The summed E-state index contributed by atoms with van der Waals surface area (Å²) in [6, 6.07) is 15.4. The molecule has 1 N–H and O–H groups in total. The van der Waals surface area contributed by atoms with Crippen LogP contribution in [0.2, 0.25) is 0 Å². The lowest BCUT2D eigenvalue weighted by Gasteiger charge is -2.18. The molecule has 0 saturated carbocycles. The number of fused-ring (bicyclic) bond motifs is 1. The van der Waals surface area contributed by atoms with Crippen LogP contribution in [0.15, 0.2) is 53.3 Å². The molecule has 3 rings (SSSR count). The topological polar surface area (TPSA) is 46.9 Å². The minimum atomic E-state index is -0.0340. The third-order valence-electron chi connectivity index (χ3n) is 3.88. The largest absolute Gasteiger partial charge is 0.311 e. The van der Waals surface area contributed by atoms with E-state index in [4.69, 9.17) is 4.98 Å². The van der Waals surface area contributed by atoms with Crippen LogP contribution in [-0.2, 0) is 0 Å². The van der Waals surface area contributed by atoms with Crippen molar-refractivity contribution in [3.63, 3.8) is 0 Å². The summed E-state index contributed by atoms with van der Waals surface area (Å²) in [5.74, 6) is 0.719. The summed E-state index contributed by atoms with van der Waals surface area (Å²) in [5, 5.41) is 3.81. The maximum atomic E-state index is 13.0. The first-order valence-electron chi connectivity index (χ1n) is 7.38. The predicted molar refractivity (Wildman–Crippen MR) is 89.6 cm³/mol. The number of hydrogen-bond donors (Lipinski definition) is 1. The van der Waals surface area contributed by atoms with Gasteiger partial charge in [0, 0.05) is 0 Å². The molecule has 0 radical (unpaired) electrons. The van der Waals surface area contributed by atoms with E-state index in [0.29, 0.717) is 5.39 Å². The van der Waals surface area contributed by atoms with Crippen molar-refractivity contribution in [3.8, 4) is 5.69 Å². The van der Waals surface area contributed by atoms with E-state index < -0.39 is 0 Å². The molecule has 1 heterocycles. The third kappa shape index (κ3) is 2.42. The zero-order valence-corrected chi connectivity index (χ0v) is 13.0. The molecule has 22 heavy (non-hydrogen) atoms. The average molecular weight is 293 g/mol. The summed E-state index contributed by atoms with van der Waals surface area (Å²) in [7, 11) is 1.87. The molecule has 0 aliphatic heterocycles. The third-order valence-corrected chi connectivity index (χ3v) is 3.88. The molecule has 4 heteroatoms. The van der Waals surface area contributed by atoms with Gasteiger partial charge in [-0.2, -0.15) is 0 Å². The minimum absolute atomic E-state index is 0.0298. The lowest BCUT2D eigenvalue weighted by Crippen LogP contribution is -2.28. The van der Waals surface area contributed by atoms with Crippen LogP contribution in [0.3, 0.4) is 0 Å². The molecular weight excluding hydrogens is 274 g/mol. The van der Waals surface area contributed by atoms with E-state index in [0.717, 1.165) is 22.6 Å². The Hall–Kier alpha value is -2.46. The second kappa shape index (κ2) is 5.73. The molecule has 0 bridgehead atoms. The Labute approximate surface area is 129 Å². The predicted octanol–water partition coefficient (Wildman–Crippen LogP) is 2.97. The summed E-state index contributed by atoms with van der Waals surface area (Å²) in [5.41, 5.74) is 2.66. The van der Waals surface area contributed by atoms with Crippen LogP contribution in [0.1, 0.15) is 24.4 Å². The SMILES string of the molecule is CN[C@H](C)c1nc2ccccc2c(=O)n1-c1cccc(C)c1. The molecule has 1 atom stereocenters. The first-order chi connectivity index (χ1) is 10.6. The molecular formula is C18H19N3O. The molecule has 0 aliphatic rings. The van der Waals surface area contributed by atoms with Crippen molar-refractivity contribution in [2.45, 2.75) is 19.9 Å². The fraction of sp³-hybridized carbons (Fsp3) is 0.222. The van der Waals surface area contributed by atoms with E-state index in [2.05, 4.69) is 5.32 Å². The van der Waals surface area contributed by atoms with Gasteiger partial charge in [0.2, 0.25) is 0 Å². The molecule has 0 saturated heterocycles. The van der Waals surface area contributed by atoms with Crippen LogP contribution >= 0.6 is 0 Å². The molecule has 3 aromatic rings. The van der Waals surface area contributed by atoms with Crippen LogP contribution < -0.4 is 10.9 Å². The van der Waals surface area contributed by atoms with Crippen molar-refractivity contribution in [1.82, 2.24) is 14.9 Å². The molecule has 0 amide bonds. The van der Waals surface area contributed by atoms with E-state index in [1.54, 1.807) is 4.57 Å². The highest BCUT2D eigenvalue weighted by Gasteiger charge is 2.16. The number of aryl methyl sites for hydroxylation is 1. The van der Waals surface area contributed by atoms with Gasteiger partial charge in [0.25, 0.3) is 5.56 Å². The Balaban J connectivity index is 2.40. The Bertz CT molecular complexity index is 883. The second-order valence-electron chi connectivity index (χ2n) is 5.48. The molecule has 112 valence electrons. The normalized spacial score (nSPS) is 12.5.